The fourth-order valence-corrected chi connectivity index (χ4v) is 7.62. The molecule has 3 aliphatic heterocycles. The van der Waals surface area contributed by atoms with Gasteiger partial charge in [0.1, 0.15) is 11.1 Å². The largest absolute Gasteiger partial charge is 0.376 e. The third-order valence-electron chi connectivity index (χ3n) is 7.97. The van der Waals surface area contributed by atoms with Crippen molar-refractivity contribution in [1.82, 2.24) is 15.5 Å². The van der Waals surface area contributed by atoms with Crippen molar-refractivity contribution < 1.29 is 27.1 Å². The summed E-state index contributed by atoms with van der Waals surface area (Å²) in [6, 6.07) is 12.1. The van der Waals surface area contributed by atoms with E-state index in [1.54, 1.807) is 47.4 Å². The monoisotopic (exact) mass is 604 g/mol. The molecule has 2 aromatic rings. The number of carbonyl (C=O) groups is 2. The number of alkyl halides is 1. The number of nitrogens with zero attached hydrogens (tertiary/aromatic N) is 2. The molecular weight excluding hydrogens is 571 g/mol. The third-order valence-corrected chi connectivity index (χ3v) is 10.2. The second-order valence-electron chi connectivity index (χ2n) is 10.7. The maximum Gasteiger partial charge on any atom is 0.266 e. The lowest BCUT2D eigenvalue weighted by atomic mass is 9.78. The average Bonchev–Trinajstić information content (AvgIpc) is 3.35. The number of para-hydroxylation sites is 1. The second kappa shape index (κ2) is 12.5. The molecule has 3 heterocycles. The Morgan fingerprint density at radius 1 is 1.05 bits per heavy atom. The van der Waals surface area contributed by atoms with Crippen LogP contribution in [0, 0.1) is 5.41 Å². The number of anilines is 1. The van der Waals surface area contributed by atoms with Gasteiger partial charge in [-0.15, -0.1) is 0 Å². The van der Waals surface area contributed by atoms with Gasteiger partial charge in [0.05, 0.1) is 48.5 Å². The third kappa shape index (κ3) is 6.28. The van der Waals surface area contributed by atoms with Gasteiger partial charge in [-0.3, -0.25) is 13.9 Å². The molecule has 5 rings (SSSR count). The summed E-state index contributed by atoms with van der Waals surface area (Å²) in [6.07, 6.45) is 3.41. The van der Waals surface area contributed by atoms with Crippen molar-refractivity contribution in [3.8, 4) is 0 Å². The zero-order valence-electron chi connectivity index (χ0n) is 22.6. The molecule has 220 valence electrons. The van der Waals surface area contributed by atoms with Crippen LogP contribution in [-0.4, -0.2) is 83.3 Å². The molecule has 2 N–H and O–H groups in total. The lowest BCUT2D eigenvalue weighted by Gasteiger charge is -2.40. The standard InChI is InChI=1S/C29H34ClFN4O5S/c30-25-9-8-21-16-26(25)41(38,39)35(23-6-2-1-3-7-23)14-4-5-15-40-20-29(10-12-32-13-11-29)28(37)34-19-22(31)17-24(34)18-33-27(21)36/h1-9,16,22,24,32H,10-15,17-20H2,(H,33,36)/b5-4+/t22-,24-/m0/s1. The zero-order chi connectivity index (χ0) is 29.0. The molecule has 2 saturated heterocycles. The summed E-state index contributed by atoms with van der Waals surface area (Å²) in [6.45, 7) is 1.60. The second-order valence-corrected chi connectivity index (χ2v) is 12.9. The van der Waals surface area contributed by atoms with Crippen molar-refractivity contribution in [3.63, 3.8) is 0 Å². The Kier molecular flexibility index (Phi) is 8.98. The number of fused-ring (bicyclic) bond motifs is 3. The molecule has 2 amide bonds. The molecule has 0 radical (unpaired) electrons. The van der Waals surface area contributed by atoms with Crippen LogP contribution in [0.3, 0.4) is 0 Å². The van der Waals surface area contributed by atoms with Crippen LogP contribution in [0.2, 0.25) is 5.02 Å². The first kappa shape index (κ1) is 29.5. The number of rotatable bonds is 1. The Hall–Kier alpha value is -2.99. The summed E-state index contributed by atoms with van der Waals surface area (Å²) in [5, 5.41) is 6.04. The topological polar surface area (TPSA) is 108 Å². The molecule has 1 spiro atoms. The minimum Gasteiger partial charge on any atom is -0.376 e. The van der Waals surface area contributed by atoms with Gasteiger partial charge in [-0.05, 0) is 56.3 Å². The van der Waals surface area contributed by atoms with Crippen LogP contribution in [0.1, 0.15) is 29.6 Å². The molecule has 41 heavy (non-hydrogen) atoms. The number of ether oxygens (including phenoxy) is 1. The van der Waals surface area contributed by atoms with Gasteiger partial charge in [0.15, 0.2) is 0 Å². The molecule has 0 saturated carbocycles. The molecule has 12 heteroatoms. The summed E-state index contributed by atoms with van der Waals surface area (Å²) in [7, 11) is -4.18. The van der Waals surface area contributed by atoms with Crippen molar-refractivity contribution in [3.05, 3.63) is 71.3 Å². The Bertz CT molecular complexity index is 1400. The first-order chi connectivity index (χ1) is 19.7. The van der Waals surface area contributed by atoms with E-state index in [-0.39, 0.29) is 60.7 Å². The fraction of sp³-hybridized carbons (Fsp3) is 0.448. The molecule has 0 unspecified atom stereocenters. The molecule has 2 bridgehead atoms. The van der Waals surface area contributed by atoms with E-state index in [2.05, 4.69) is 10.6 Å². The zero-order valence-corrected chi connectivity index (χ0v) is 24.2. The van der Waals surface area contributed by atoms with Crippen molar-refractivity contribution in [2.75, 3.05) is 50.2 Å². The first-order valence-electron chi connectivity index (χ1n) is 13.8. The molecular formula is C29H34ClFN4O5S. The Morgan fingerprint density at radius 3 is 2.56 bits per heavy atom. The minimum atomic E-state index is -4.18. The van der Waals surface area contributed by atoms with Gasteiger partial charge < -0.3 is 20.3 Å². The first-order valence-corrected chi connectivity index (χ1v) is 15.6. The van der Waals surface area contributed by atoms with E-state index < -0.39 is 33.6 Å². The van der Waals surface area contributed by atoms with Gasteiger partial charge in [0.25, 0.3) is 15.9 Å². The van der Waals surface area contributed by atoms with Gasteiger partial charge >= 0.3 is 0 Å². The highest BCUT2D eigenvalue weighted by Gasteiger charge is 2.47. The van der Waals surface area contributed by atoms with Gasteiger partial charge in [0, 0.05) is 18.5 Å². The highest BCUT2D eigenvalue weighted by Crippen LogP contribution is 2.35. The van der Waals surface area contributed by atoms with E-state index in [1.165, 1.54) is 22.5 Å². The molecule has 2 fully saturated rings. The predicted octanol–water partition coefficient (Wildman–Crippen LogP) is 3.16. The molecule has 9 nitrogen and oxygen atoms in total. The Morgan fingerprint density at radius 2 is 1.80 bits per heavy atom. The normalized spacial score (nSPS) is 26.1. The quantitative estimate of drug-likeness (QED) is 0.484. The summed E-state index contributed by atoms with van der Waals surface area (Å²) in [5.74, 6) is -0.696. The molecule has 3 aliphatic rings. The van der Waals surface area contributed by atoms with Crippen LogP contribution in [0.25, 0.3) is 0 Å². The number of amides is 2. The summed E-state index contributed by atoms with van der Waals surface area (Å²) < 4.78 is 49.6. The number of sulfonamides is 1. The maximum absolute atomic E-state index is 14.6. The van der Waals surface area contributed by atoms with Crippen LogP contribution in [0.5, 0.6) is 0 Å². The van der Waals surface area contributed by atoms with Crippen LogP contribution in [0.15, 0.2) is 65.6 Å². The number of carbonyl (C=O) groups excluding carboxylic acids is 2. The van der Waals surface area contributed by atoms with Gasteiger partial charge in [-0.25, -0.2) is 12.8 Å². The number of benzene rings is 2. The van der Waals surface area contributed by atoms with Crippen LogP contribution in [0.4, 0.5) is 10.1 Å². The molecule has 0 aliphatic carbocycles. The van der Waals surface area contributed by atoms with E-state index >= 15 is 0 Å². The molecule has 0 aromatic heterocycles. The number of halogens is 2. The van der Waals surface area contributed by atoms with Gasteiger partial charge in [0.2, 0.25) is 5.91 Å². The molecule has 2 atom stereocenters. The van der Waals surface area contributed by atoms with E-state index in [0.29, 0.717) is 31.6 Å². The van der Waals surface area contributed by atoms with Crippen molar-refractivity contribution >= 4 is 39.1 Å². The Balaban J connectivity index is 1.51. The van der Waals surface area contributed by atoms with E-state index in [4.69, 9.17) is 16.3 Å². The SMILES string of the molecule is O=C1NC[C@@H]2C[C@H](F)CN2C(=O)C2(CCNCC2)COC/C=C/CN(c2ccccc2)S(=O)(=O)c2cc1ccc2Cl. The van der Waals surface area contributed by atoms with E-state index in [9.17, 15) is 22.4 Å². The van der Waals surface area contributed by atoms with Gasteiger partial charge in [-0.1, -0.05) is 42.0 Å². The smallest absolute Gasteiger partial charge is 0.266 e. The van der Waals surface area contributed by atoms with Crippen LogP contribution >= 0.6 is 11.6 Å². The van der Waals surface area contributed by atoms with Gasteiger partial charge in [-0.2, -0.15) is 0 Å². The maximum atomic E-state index is 14.6. The summed E-state index contributed by atoms with van der Waals surface area (Å²) >= 11 is 6.36. The lowest BCUT2D eigenvalue weighted by molar-refractivity contribution is -0.149. The predicted molar refractivity (Wildman–Crippen MR) is 154 cm³/mol. The highest BCUT2D eigenvalue weighted by molar-refractivity contribution is 7.93. The van der Waals surface area contributed by atoms with Crippen molar-refractivity contribution in [1.29, 1.82) is 0 Å². The minimum absolute atomic E-state index is 0.0101. The van der Waals surface area contributed by atoms with E-state index in [0.717, 1.165) is 0 Å². The number of nitrogens with one attached hydrogen (secondary N) is 2. The average molecular weight is 605 g/mol. The fourth-order valence-electron chi connectivity index (χ4n) is 5.70. The Labute approximate surface area is 244 Å². The number of piperidine rings is 1. The highest BCUT2D eigenvalue weighted by atomic mass is 35.5. The van der Waals surface area contributed by atoms with Crippen molar-refractivity contribution in [2.24, 2.45) is 5.41 Å². The summed E-state index contributed by atoms with van der Waals surface area (Å²) in [4.78, 5) is 28.4. The van der Waals surface area contributed by atoms with E-state index in [1.807, 2.05) is 0 Å². The lowest BCUT2D eigenvalue weighted by Crippen LogP contribution is -2.54. The van der Waals surface area contributed by atoms with Crippen LogP contribution < -0.4 is 14.9 Å². The number of hydrogen-bond donors (Lipinski definition) is 2. The molecule has 2 aromatic carbocycles. The number of hydrogen-bond acceptors (Lipinski definition) is 6. The van der Waals surface area contributed by atoms with Crippen LogP contribution in [-0.2, 0) is 19.6 Å². The summed E-state index contributed by atoms with van der Waals surface area (Å²) in [5.41, 5.74) is -0.283. The van der Waals surface area contributed by atoms with Crippen molar-refractivity contribution in [2.45, 2.75) is 36.4 Å².